The van der Waals surface area contributed by atoms with Crippen LogP contribution in [0.15, 0.2) is 65.9 Å². The Balaban J connectivity index is 1.69. The van der Waals surface area contributed by atoms with Gasteiger partial charge in [-0.1, -0.05) is 44.2 Å². The minimum absolute atomic E-state index is 0.0320. The smallest absolute Gasteiger partial charge is 0.269 e. The van der Waals surface area contributed by atoms with Crippen molar-refractivity contribution in [3.05, 3.63) is 87.1 Å². The normalized spacial score (nSPS) is 19.4. The molecule has 2 aliphatic rings. The minimum atomic E-state index is -0.417. The number of nitro groups is 1. The van der Waals surface area contributed by atoms with Crippen LogP contribution in [0.5, 0.6) is 0 Å². The lowest BCUT2D eigenvalue weighted by molar-refractivity contribution is -0.384. The van der Waals surface area contributed by atoms with Crippen LogP contribution in [-0.2, 0) is 4.79 Å². The average molecular weight is 414 g/mol. The van der Waals surface area contributed by atoms with Crippen molar-refractivity contribution in [3.8, 4) is 11.3 Å². The molecule has 0 radical (unpaired) electrons. The summed E-state index contributed by atoms with van der Waals surface area (Å²) >= 11 is 0. The second kappa shape index (κ2) is 6.91. The van der Waals surface area contributed by atoms with Gasteiger partial charge in [-0.05, 0) is 29.5 Å². The van der Waals surface area contributed by atoms with Gasteiger partial charge in [-0.25, -0.2) is 0 Å². The first kappa shape index (κ1) is 19.2. The highest BCUT2D eigenvalue weighted by Crippen LogP contribution is 2.50. The third-order valence-corrected chi connectivity index (χ3v) is 6.07. The van der Waals surface area contributed by atoms with E-state index in [0.717, 1.165) is 40.1 Å². The van der Waals surface area contributed by atoms with Gasteiger partial charge in [0.15, 0.2) is 11.6 Å². The van der Waals surface area contributed by atoms with Crippen LogP contribution in [0.2, 0.25) is 0 Å². The summed E-state index contributed by atoms with van der Waals surface area (Å²) in [5.41, 5.74) is 5.11. The number of nitrogens with one attached hydrogen (secondary N) is 2. The number of non-ortho nitro benzene ring substituents is 1. The van der Waals surface area contributed by atoms with Crippen molar-refractivity contribution in [1.82, 2.24) is 10.2 Å². The van der Waals surface area contributed by atoms with E-state index in [1.54, 1.807) is 12.1 Å². The van der Waals surface area contributed by atoms with Gasteiger partial charge in [-0.2, -0.15) is 5.10 Å². The second-order valence-electron chi connectivity index (χ2n) is 8.97. The molecule has 7 nitrogen and oxygen atoms in total. The van der Waals surface area contributed by atoms with Crippen molar-refractivity contribution < 1.29 is 9.72 Å². The SMILES string of the molecule is CC1(C)CC(=O)C2=C(C1)Nc1n[nH]c(-c3ccc([N+](=O)[O-])cc3)c1[C@H]2c1ccccc1. The predicted octanol–water partition coefficient (Wildman–Crippen LogP) is 5.19. The van der Waals surface area contributed by atoms with Gasteiger partial charge in [-0.3, -0.25) is 20.0 Å². The zero-order valence-electron chi connectivity index (χ0n) is 17.3. The number of benzene rings is 2. The summed E-state index contributed by atoms with van der Waals surface area (Å²) in [6, 6.07) is 16.4. The summed E-state index contributed by atoms with van der Waals surface area (Å²) in [5.74, 6) is 0.598. The Morgan fingerprint density at radius 1 is 1.06 bits per heavy atom. The Hall–Kier alpha value is -3.74. The van der Waals surface area contributed by atoms with E-state index in [-0.39, 0.29) is 22.8 Å². The van der Waals surface area contributed by atoms with E-state index in [1.807, 2.05) is 30.3 Å². The molecule has 0 bridgehead atoms. The van der Waals surface area contributed by atoms with Gasteiger partial charge in [0, 0.05) is 46.9 Å². The third-order valence-electron chi connectivity index (χ3n) is 6.07. The Kier molecular flexibility index (Phi) is 4.28. The highest BCUT2D eigenvalue weighted by Gasteiger charge is 2.42. The lowest BCUT2D eigenvalue weighted by atomic mass is 9.69. The first-order valence-electron chi connectivity index (χ1n) is 10.3. The van der Waals surface area contributed by atoms with E-state index < -0.39 is 4.92 Å². The quantitative estimate of drug-likeness (QED) is 0.454. The number of H-pyrrole nitrogens is 1. The maximum absolute atomic E-state index is 13.3. The molecule has 1 atom stereocenters. The first-order valence-corrected chi connectivity index (χ1v) is 10.3. The van der Waals surface area contributed by atoms with Crippen LogP contribution in [0.25, 0.3) is 11.3 Å². The van der Waals surface area contributed by atoms with Crippen LogP contribution >= 0.6 is 0 Å². The average Bonchev–Trinajstić information content (AvgIpc) is 3.15. The zero-order chi connectivity index (χ0) is 21.8. The number of ketones is 1. The van der Waals surface area contributed by atoms with E-state index in [9.17, 15) is 14.9 Å². The number of allylic oxidation sites excluding steroid dienone is 2. The van der Waals surface area contributed by atoms with Crippen LogP contribution in [-0.4, -0.2) is 20.9 Å². The molecule has 156 valence electrons. The largest absolute Gasteiger partial charge is 0.342 e. The zero-order valence-corrected chi connectivity index (χ0v) is 17.3. The van der Waals surface area contributed by atoms with Gasteiger partial charge >= 0.3 is 0 Å². The van der Waals surface area contributed by atoms with Gasteiger partial charge < -0.3 is 5.32 Å². The van der Waals surface area contributed by atoms with E-state index in [0.29, 0.717) is 12.2 Å². The number of aromatic amines is 1. The maximum Gasteiger partial charge on any atom is 0.269 e. The van der Waals surface area contributed by atoms with Crippen LogP contribution in [0.3, 0.4) is 0 Å². The molecule has 0 spiro atoms. The number of Topliss-reactive ketones (excluding diaryl/α,β-unsaturated/α-hetero) is 1. The Morgan fingerprint density at radius 2 is 1.77 bits per heavy atom. The Labute approximate surface area is 179 Å². The number of anilines is 1. The molecule has 0 amide bonds. The molecule has 0 unspecified atom stereocenters. The molecule has 7 heteroatoms. The monoisotopic (exact) mass is 414 g/mol. The lowest BCUT2D eigenvalue weighted by Gasteiger charge is -2.38. The summed E-state index contributed by atoms with van der Waals surface area (Å²) in [5, 5.41) is 22.1. The van der Waals surface area contributed by atoms with E-state index in [1.165, 1.54) is 12.1 Å². The molecular formula is C24H22N4O3. The van der Waals surface area contributed by atoms with Gasteiger partial charge in [0.2, 0.25) is 0 Å². The standard InChI is InChI=1S/C24H22N4O3/c1-24(2)12-17-20(18(29)13-24)19(14-6-4-3-5-7-14)21-22(26-27-23(21)25-17)15-8-10-16(11-9-15)28(30)31/h3-11,19H,12-13H2,1-2H3,(H2,25,26,27)/t19-/m0/s1. The molecule has 0 saturated heterocycles. The van der Waals surface area contributed by atoms with Gasteiger partial charge in [-0.15, -0.1) is 0 Å². The minimum Gasteiger partial charge on any atom is -0.342 e. The molecule has 0 saturated carbocycles. The summed E-state index contributed by atoms with van der Waals surface area (Å²) in [6.07, 6.45) is 1.27. The number of hydrogen-bond acceptors (Lipinski definition) is 5. The molecule has 1 aliphatic carbocycles. The van der Waals surface area contributed by atoms with Crippen LogP contribution in [0, 0.1) is 15.5 Å². The molecule has 3 aromatic rings. The molecule has 31 heavy (non-hydrogen) atoms. The number of fused-ring (bicyclic) bond motifs is 1. The number of aromatic nitrogens is 2. The summed E-state index contributed by atoms with van der Waals surface area (Å²) in [4.78, 5) is 24.0. The van der Waals surface area contributed by atoms with Crippen LogP contribution in [0.4, 0.5) is 11.5 Å². The molecule has 2 aromatic carbocycles. The van der Waals surface area contributed by atoms with Crippen LogP contribution < -0.4 is 5.32 Å². The van der Waals surface area contributed by atoms with Crippen LogP contribution in [0.1, 0.15) is 43.7 Å². The molecule has 2 N–H and O–H groups in total. The second-order valence-corrected chi connectivity index (χ2v) is 8.97. The van der Waals surface area contributed by atoms with Gasteiger partial charge in [0.1, 0.15) is 0 Å². The fourth-order valence-corrected chi connectivity index (χ4v) is 4.74. The van der Waals surface area contributed by atoms with E-state index >= 15 is 0 Å². The molecule has 1 aliphatic heterocycles. The predicted molar refractivity (Wildman–Crippen MR) is 118 cm³/mol. The maximum atomic E-state index is 13.3. The molecule has 2 heterocycles. The van der Waals surface area contributed by atoms with Gasteiger partial charge in [0.25, 0.3) is 5.69 Å². The highest BCUT2D eigenvalue weighted by molar-refractivity contribution is 6.02. The third kappa shape index (κ3) is 3.22. The van der Waals surface area contributed by atoms with Crippen molar-refractivity contribution in [2.45, 2.75) is 32.6 Å². The summed E-state index contributed by atoms with van der Waals surface area (Å²) in [6.45, 7) is 4.21. The van der Waals surface area contributed by atoms with Crippen molar-refractivity contribution in [2.75, 3.05) is 5.32 Å². The molecular weight excluding hydrogens is 392 g/mol. The molecule has 0 fully saturated rings. The van der Waals surface area contributed by atoms with Crippen molar-refractivity contribution in [3.63, 3.8) is 0 Å². The Morgan fingerprint density at radius 3 is 2.45 bits per heavy atom. The van der Waals surface area contributed by atoms with Crippen molar-refractivity contribution in [1.29, 1.82) is 0 Å². The number of nitrogens with zero attached hydrogens (tertiary/aromatic N) is 2. The fourth-order valence-electron chi connectivity index (χ4n) is 4.74. The van der Waals surface area contributed by atoms with Crippen molar-refractivity contribution in [2.24, 2.45) is 5.41 Å². The first-order chi connectivity index (χ1) is 14.8. The number of carbonyl (C=O) groups excluding carboxylic acids is 1. The summed E-state index contributed by atoms with van der Waals surface area (Å²) < 4.78 is 0. The Bertz CT molecular complexity index is 1220. The van der Waals surface area contributed by atoms with E-state index in [2.05, 4.69) is 29.4 Å². The topological polar surface area (TPSA) is 101 Å². The highest BCUT2D eigenvalue weighted by atomic mass is 16.6. The van der Waals surface area contributed by atoms with E-state index in [4.69, 9.17) is 0 Å². The van der Waals surface area contributed by atoms with Gasteiger partial charge in [0.05, 0.1) is 10.6 Å². The fraction of sp³-hybridized carbons (Fsp3) is 0.250. The molecule has 1 aromatic heterocycles. The van der Waals surface area contributed by atoms with Crippen molar-refractivity contribution >= 4 is 17.3 Å². The number of rotatable bonds is 3. The summed E-state index contributed by atoms with van der Waals surface area (Å²) in [7, 11) is 0. The number of hydrogen-bond donors (Lipinski definition) is 2. The lowest BCUT2D eigenvalue weighted by Crippen LogP contribution is -2.33. The number of nitro benzene ring substituents is 1. The molecule has 5 rings (SSSR count). The number of carbonyl (C=O) groups is 1.